The first-order chi connectivity index (χ1) is 18.0. The number of ketones is 1. The van der Waals surface area contributed by atoms with Gasteiger partial charge in [0, 0.05) is 18.0 Å². The summed E-state index contributed by atoms with van der Waals surface area (Å²) in [6.07, 6.45) is 1.93. The van der Waals surface area contributed by atoms with Gasteiger partial charge < -0.3 is 4.74 Å². The quantitative estimate of drug-likeness (QED) is 0.286. The highest BCUT2D eigenvalue weighted by Gasteiger charge is 2.40. The summed E-state index contributed by atoms with van der Waals surface area (Å²) in [7, 11) is -2.45. The van der Waals surface area contributed by atoms with Gasteiger partial charge in [-0.3, -0.25) is 9.10 Å². The van der Waals surface area contributed by atoms with Crippen molar-refractivity contribution in [2.75, 3.05) is 13.7 Å². The second-order valence-corrected chi connectivity index (χ2v) is 10.8. The number of nitrogens with zero attached hydrogens (tertiary/aromatic N) is 1. The minimum atomic E-state index is -3.98. The molecule has 4 aromatic carbocycles. The molecule has 186 valence electrons. The van der Waals surface area contributed by atoms with Crippen LogP contribution in [0.1, 0.15) is 27.4 Å². The van der Waals surface area contributed by atoms with E-state index in [0.717, 1.165) is 11.1 Å². The second kappa shape index (κ2) is 10.4. The third-order valence-electron chi connectivity index (χ3n) is 6.70. The highest BCUT2D eigenvalue weighted by Crippen LogP contribution is 2.41. The topological polar surface area (TPSA) is 63.7 Å². The lowest BCUT2D eigenvalue weighted by atomic mass is 9.78. The van der Waals surface area contributed by atoms with Crippen LogP contribution in [0, 0.1) is 5.92 Å². The molecule has 0 bridgehead atoms. The highest BCUT2D eigenvalue weighted by atomic mass is 32.2. The number of carbonyl (C=O) groups excluding carboxylic acids is 1. The van der Waals surface area contributed by atoms with Crippen molar-refractivity contribution >= 4 is 21.5 Å². The minimum absolute atomic E-state index is 0.0162. The molecule has 2 unspecified atom stereocenters. The van der Waals surface area contributed by atoms with Gasteiger partial charge in [-0.05, 0) is 35.4 Å². The van der Waals surface area contributed by atoms with Gasteiger partial charge in [0.05, 0.1) is 23.6 Å². The highest BCUT2D eigenvalue weighted by molar-refractivity contribution is 7.89. The van der Waals surface area contributed by atoms with Crippen LogP contribution in [0.4, 0.5) is 0 Å². The first-order valence-electron chi connectivity index (χ1n) is 12.1. The molecule has 0 spiro atoms. The van der Waals surface area contributed by atoms with Crippen molar-refractivity contribution in [3.63, 3.8) is 0 Å². The number of carbonyl (C=O) groups is 1. The zero-order valence-corrected chi connectivity index (χ0v) is 21.2. The SMILES string of the molecule is COc1ccc(S(=O)(=O)N2CC(C(=O)c3ccccc3)C(c3ccccc3)C=C2c2ccccc2)cc1. The first kappa shape index (κ1) is 24.5. The number of Topliss-reactive ketones (excluding diaryl/α,β-unsaturated/α-hetero) is 1. The van der Waals surface area contributed by atoms with E-state index in [1.807, 2.05) is 84.9 Å². The van der Waals surface area contributed by atoms with E-state index in [1.165, 1.54) is 23.5 Å². The third-order valence-corrected chi connectivity index (χ3v) is 8.49. The molecule has 2 atom stereocenters. The standard InChI is InChI=1S/C31H27NO4S/c1-36-26-17-19-27(20-18-26)37(34,35)32-22-29(31(33)25-15-9-4-10-16-25)28(23-11-5-2-6-12-23)21-30(32)24-13-7-3-8-14-24/h2-21,28-29H,22H2,1H3. The Morgan fingerprint density at radius 2 is 1.35 bits per heavy atom. The van der Waals surface area contributed by atoms with Gasteiger partial charge in [-0.1, -0.05) is 97.1 Å². The fraction of sp³-hybridized carbons (Fsp3) is 0.129. The van der Waals surface area contributed by atoms with Crippen molar-refractivity contribution in [3.8, 4) is 5.75 Å². The molecule has 1 heterocycles. The molecule has 6 heteroatoms. The van der Waals surface area contributed by atoms with Gasteiger partial charge in [0.25, 0.3) is 10.0 Å². The molecule has 0 radical (unpaired) electrons. The van der Waals surface area contributed by atoms with Crippen molar-refractivity contribution in [2.24, 2.45) is 5.92 Å². The summed E-state index contributed by atoms with van der Waals surface area (Å²) in [6.45, 7) is 0.0162. The fourth-order valence-corrected chi connectivity index (χ4v) is 6.29. The maximum atomic E-state index is 14.1. The first-order valence-corrected chi connectivity index (χ1v) is 13.5. The predicted molar refractivity (Wildman–Crippen MR) is 145 cm³/mol. The Labute approximate surface area is 217 Å². The average Bonchev–Trinajstić information content (AvgIpc) is 2.97. The average molecular weight is 510 g/mol. The molecular weight excluding hydrogens is 482 g/mol. The van der Waals surface area contributed by atoms with Gasteiger partial charge >= 0.3 is 0 Å². The molecule has 0 fully saturated rings. The summed E-state index contributed by atoms with van der Waals surface area (Å²) in [5.74, 6) is -0.429. The largest absolute Gasteiger partial charge is 0.497 e. The second-order valence-electron chi connectivity index (χ2n) is 8.90. The molecule has 5 nitrogen and oxygen atoms in total. The maximum Gasteiger partial charge on any atom is 0.264 e. The van der Waals surface area contributed by atoms with Crippen molar-refractivity contribution in [1.29, 1.82) is 0 Å². The van der Waals surface area contributed by atoms with E-state index < -0.39 is 15.9 Å². The number of ether oxygens (including phenoxy) is 1. The maximum absolute atomic E-state index is 14.1. The number of benzene rings is 4. The molecule has 0 amide bonds. The van der Waals surface area contributed by atoms with Crippen LogP contribution in [-0.2, 0) is 10.0 Å². The number of hydrogen-bond acceptors (Lipinski definition) is 4. The number of allylic oxidation sites excluding steroid dienone is 1. The van der Waals surface area contributed by atoms with E-state index in [1.54, 1.807) is 24.3 Å². The molecule has 37 heavy (non-hydrogen) atoms. The van der Waals surface area contributed by atoms with Crippen molar-refractivity contribution in [3.05, 3.63) is 138 Å². The molecule has 1 aliphatic rings. The lowest BCUT2D eigenvalue weighted by molar-refractivity contribution is 0.0896. The Morgan fingerprint density at radius 3 is 1.95 bits per heavy atom. The van der Waals surface area contributed by atoms with Gasteiger partial charge in [0.1, 0.15) is 5.75 Å². The van der Waals surface area contributed by atoms with Gasteiger partial charge in [-0.15, -0.1) is 0 Å². The van der Waals surface area contributed by atoms with Crippen LogP contribution in [0.5, 0.6) is 5.75 Å². The monoisotopic (exact) mass is 509 g/mol. The molecule has 4 aromatic rings. The molecular formula is C31H27NO4S. The zero-order valence-electron chi connectivity index (χ0n) is 20.4. The number of rotatable bonds is 7. The van der Waals surface area contributed by atoms with Gasteiger partial charge in [0.2, 0.25) is 0 Å². The number of methoxy groups -OCH3 is 1. The lowest BCUT2D eigenvalue weighted by Gasteiger charge is -2.38. The van der Waals surface area contributed by atoms with Crippen LogP contribution in [0.3, 0.4) is 0 Å². The Bertz CT molecular complexity index is 1500. The summed E-state index contributed by atoms with van der Waals surface area (Å²) in [5.41, 5.74) is 2.85. The predicted octanol–water partition coefficient (Wildman–Crippen LogP) is 6.02. The Balaban J connectivity index is 1.68. The van der Waals surface area contributed by atoms with E-state index >= 15 is 0 Å². The van der Waals surface area contributed by atoms with E-state index in [9.17, 15) is 13.2 Å². The smallest absolute Gasteiger partial charge is 0.264 e. The van der Waals surface area contributed by atoms with Crippen LogP contribution in [0.15, 0.2) is 126 Å². The lowest BCUT2D eigenvalue weighted by Crippen LogP contribution is -2.42. The Morgan fingerprint density at radius 1 is 0.784 bits per heavy atom. The molecule has 0 saturated heterocycles. The Hall–Kier alpha value is -4.16. The minimum Gasteiger partial charge on any atom is -0.497 e. The molecule has 0 aliphatic carbocycles. The summed E-state index contributed by atoms with van der Waals surface area (Å²) >= 11 is 0. The van der Waals surface area contributed by atoms with Gasteiger partial charge in [0.15, 0.2) is 5.78 Å². The van der Waals surface area contributed by atoms with Gasteiger partial charge in [-0.25, -0.2) is 8.42 Å². The van der Waals surface area contributed by atoms with E-state index in [0.29, 0.717) is 17.0 Å². The van der Waals surface area contributed by atoms with Gasteiger partial charge in [-0.2, -0.15) is 0 Å². The van der Waals surface area contributed by atoms with Crippen LogP contribution in [0.25, 0.3) is 5.70 Å². The normalized spacial score (nSPS) is 17.6. The summed E-state index contributed by atoms with van der Waals surface area (Å²) in [4.78, 5) is 14.0. The molecule has 0 aromatic heterocycles. The summed E-state index contributed by atoms with van der Waals surface area (Å²) in [6, 6.07) is 34.6. The number of hydrogen-bond donors (Lipinski definition) is 0. The van der Waals surface area contributed by atoms with E-state index in [4.69, 9.17) is 4.74 Å². The van der Waals surface area contributed by atoms with E-state index in [2.05, 4.69) is 0 Å². The van der Waals surface area contributed by atoms with Crippen molar-refractivity contribution in [2.45, 2.75) is 10.8 Å². The van der Waals surface area contributed by atoms with Crippen LogP contribution >= 0.6 is 0 Å². The molecule has 5 rings (SSSR count). The molecule has 1 aliphatic heterocycles. The van der Waals surface area contributed by atoms with Crippen LogP contribution in [-0.4, -0.2) is 32.2 Å². The zero-order chi connectivity index (χ0) is 25.8. The Kier molecular flexibility index (Phi) is 6.93. The van der Waals surface area contributed by atoms with E-state index in [-0.39, 0.29) is 23.1 Å². The third kappa shape index (κ3) is 4.93. The molecule has 0 saturated carbocycles. The fourth-order valence-electron chi connectivity index (χ4n) is 4.78. The summed E-state index contributed by atoms with van der Waals surface area (Å²) in [5, 5.41) is 0. The van der Waals surface area contributed by atoms with Crippen LogP contribution < -0.4 is 4.74 Å². The summed E-state index contributed by atoms with van der Waals surface area (Å²) < 4.78 is 34.7. The number of sulfonamides is 1. The molecule has 0 N–H and O–H groups in total. The van der Waals surface area contributed by atoms with Crippen molar-refractivity contribution in [1.82, 2.24) is 4.31 Å². The van der Waals surface area contributed by atoms with Crippen LogP contribution in [0.2, 0.25) is 0 Å². The van der Waals surface area contributed by atoms with Crippen molar-refractivity contribution < 1.29 is 17.9 Å².